The second kappa shape index (κ2) is 4.13. The second-order valence-electron chi connectivity index (χ2n) is 3.56. The number of hydrogen-bond acceptors (Lipinski definition) is 4. The van der Waals surface area contributed by atoms with Crippen molar-refractivity contribution in [1.29, 1.82) is 0 Å². The summed E-state index contributed by atoms with van der Waals surface area (Å²) in [5.74, 6) is 0.593. The molecule has 82 valence electrons. The van der Waals surface area contributed by atoms with Crippen LogP contribution < -0.4 is 0 Å². The lowest BCUT2D eigenvalue weighted by molar-refractivity contribution is 0.881. The largest absolute Gasteiger partial charge is 0.264 e. The van der Waals surface area contributed by atoms with E-state index in [1.165, 1.54) is 0 Å². The van der Waals surface area contributed by atoms with Crippen molar-refractivity contribution >= 4 is 0 Å². The standard InChI is InChI=1S/C12H9N5/c1-3-9(11-5-2-6-13-8-11)7-10(4-1)12-14-16-17-15-12/h1-8H,(H,14,15,16,17). The summed E-state index contributed by atoms with van der Waals surface area (Å²) in [6.07, 6.45) is 3.59. The molecule has 0 bridgehead atoms. The Bertz CT molecular complexity index is 604. The Morgan fingerprint density at radius 3 is 2.59 bits per heavy atom. The molecule has 3 aromatic rings. The molecule has 17 heavy (non-hydrogen) atoms. The Morgan fingerprint density at radius 2 is 1.82 bits per heavy atom. The zero-order chi connectivity index (χ0) is 11.5. The molecule has 0 amide bonds. The van der Waals surface area contributed by atoms with Crippen LogP contribution in [0.25, 0.3) is 22.5 Å². The van der Waals surface area contributed by atoms with E-state index in [2.05, 4.69) is 25.6 Å². The lowest BCUT2D eigenvalue weighted by Crippen LogP contribution is -1.84. The Labute approximate surface area is 97.5 Å². The summed E-state index contributed by atoms with van der Waals surface area (Å²) in [7, 11) is 0. The molecule has 1 N–H and O–H groups in total. The summed E-state index contributed by atoms with van der Waals surface area (Å²) in [5.41, 5.74) is 3.08. The number of nitrogens with zero attached hydrogens (tertiary/aromatic N) is 4. The van der Waals surface area contributed by atoms with Crippen LogP contribution in [0.15, 0.2) is 48.8 Å². The Morgan fingerprint density at radius 1 is 0.941 bits per heavy atom. The quantitative estimate of drug-likeness (QED) is 0.720. The number of hydrogen-bond donors (Lipinski definition) is 1. The van der Waals surface area contributed by atoms with Crippen LogP contribution in [0.5, 0.6) is 0 Å². The molecular formula is C12H9N5. The predicted molar refractivity (Wildman–Crippen MR) is 62.8 cm³/mol. The smallest absolute Gasteiger partial charge is 0.204 e. The Hall–Kier alpha value is -2.56. The van der Waals surface area contributed by atoms with Crippen molar-refractivity contribution in [1.82, 2.24) is 25.6 Å². The molecule has 0 aliphatic rings. The monoisotopic (exact) mass is 223 g/mol. The summed E-state index contributed by atoms with van der Waals surface area (Å²) in [6.45, 7) is 0. The van der Waals surface area contributed by atoms with E-state index >= 15 is 0 Å². The van der Waals surface area contributed by atoms with Gasteiger partial charge in [0.1, 0.15) is 0 Å². The van der Waals surface area contributed by atoms with E-state index in [1.807, 2.05) is 42.6 Å². The fraction of sp³-hybridized carbons (Fsp3) is 0. The SMILES string of the molecule is c1cncc(-c2cccc(-c3nn[nH]n3)c2)c1. The van der Waals surface area contributed by atoms with Crippen LogP contribution in [0.1, 0.15) is 0 Å². The van der Waals surface area contributed by atoms with Gasteiger partial charge in [0.25, 0.3) is 0 Å². The van der Waals surface area contributed by atoms with Crippen LogP contribution in [0, 0.1) is 0 Å². The fourth-order valence-corrected chi connectivity index (χ4v) is 1.66. The molecule has 0 aliphatic heterocycles. The van der Waals surface area contributed by atoms with Gasteiger partial charge in [0.2, 0.25) is 5.82 Å². The van der Waals surface area contributed by atoms with Gasteiger partial charge in [-0.25, -0.2) is 0 Å². The second-order valence-corrected chi connectivity index (χ2v) is 3.56. The zero-order valence-corrected chi connectivity index (χ0v) is 8.91. The van der Waals surface area contributed by atoms with E-state index in [9.17, 15) is 0 Å². The van der Waals surface area contributed by atoms with Gasteiger partial charge >= 0.3 is 0 Å². The minimum Gasteiger partial charge on any atom is -0.264 e. The molecular weight excluding hydrogens is 214 g/mol. The van der Waals surface area contributed by atoms with Crippen LogP contribution in [0.3, 0.4) is 0 Å². The molecule has 3 rings (SSSR count). The van der Waals surface area contributed by atoms with Gasteiger partial charge in [-0.2, -0.15) is 5.21 Å². The number of rotatable bonds is 2. The first-order valence-corrected chi connectivity index (χ1v) is 5.18. The van der Waals surface area contributed by atoms with Gasteiger partial charge in [0.15, 0.2) is 0 Å². The van der Waals surface area contributed by atoms with Crippen molar-refractivity contribution in [2.75, 3.05) is 0 Å². The molecule has 5 heteroatoms. The van der Waals surface area contributed by atoms with E-state index in [0.29, 0.717) is 5.82 Å². The fourth-order valence-electron chi connectivity index (χ4n) is 1.66. The lowest BCUT2D eigenvalue weighted by Gasteiger charge is -2.02. The van der Waals surface area contributed by atoms with Gasteiger partial charge in [-0.3, -0.25) is 4.98 Å². The third-order valence-electron chi connectivity index (χ3n) is 2.46. The average Bonchev–Trinajstić information content (AvgIpc) is 2.94. The number of aromatic nitrogens is 5. The van der Waals surface area contributed by atoms with E-state index in [-0.39, 0.29) is 0 Å². The third-order valence-corrected chi connectivity index (χ3v) is 2.46. The molecule has 2 heterocycles. The van der Waals surface area contributed by atoms with E-state index in [0.717, 1.165) is 16.7 Å². The third kappa shape index (κ3) is 1.90. The van der Waals surface area contributed by atoms with Crippen LogP contribution in [-0.2, 0) is 0 Å². The van der Waals surface area contributed by atoms with Crippen molar-refractivity contribution in [3.63, 3.8) is 0 Å². The van der Waals surface area contributed by atoms with Gasteiger partial charge in [-0.1, -0.05) is 24.3 Å². The molecule has 2 aromatic heterocycles. The molecule has 0 spiro atoms. The number of nitrogens with one attached hydrogen (secondary N) is 1. The summed E-state index contributed by atoms with van der Waals surface area (Å²) in [6, 6.07) is 11.9. The highest BCUT2D eigenvalue weighted by molar-refractivity contribution is 5.69. The summed E-state index contributed by atoms with van der Waals surface area (Å²) in [4.78, 5) is 4.10. The summed E-state index contributed by atoms with van der Waals surface area (Å²) in [5, 5.41) is 13.9. The van der Waals surface area contributed by atoms with Gasteiger partial charge < -0.3 is 0 Å². The van der Waals surface area contributed by atoms with Crippen molar-refractivity contribution in [3.05, 3.63) is 48.8 Å². The molecule has 0 radical (unpaired) electrons. The van der Waals surface area contributed by atoms with Crippen molar-refractivity contribution < 1.29 is 0 Å². The highest BCUT2D eigenvalue weighted by Gasteiger charge is 2.04. The Balaban J connectivity index is 2.06. The molecule has 0 saturated heterocycles. The first-order chi connectivity index (χ1) is 8.43. The first-order valence-electron chi connectivity index (χ1n) is 5.18. The van der Waals surface area contributed by atoms with Crippen LogP contribution in [0.2, 0.25) is 0 Å². The minimum absolute atomic E-state index is 0.593. The number of aromatic amines is 1. The normalized spacial score (nSPS) is 10.4. The highest BCUT2D eigenvalue weighted by Crippen LogP contribution is 2.22. The topological polar surface area (TPSA) is 67.3 Å². The van der Waals surface area contributed by atoms with Gasteiger partial charge in [-0.05, 0) is 22.9 Å². The summed E-state index contributed by atoms with van der Waals surface area (Å²) < 4.78 is 0. The van der Waals surface area contributed by atoms with E-state index in [1.54, 1.807) is 6.20 Å². The number of benzene rings is 1. The van der Waals surface area contributed by atoms with Crippen molar-refractivity contribution in [2.45, 2.75) is 0 Å². The maximum absolute atomic E-state index is 4.10. The minimum atomic E-state index is 0.593. The highest BCUT2D eigenvalue weighted by atomic mass is 15.5. The van der Waals surface area contributed by atoms with Crippen LogP contribution in [0.4, 0.5) is 0 Å². The first kappa shape index (κ1) is 9.65. The van der Waals surface area contributed by atoms with Gasteiger partial charge in [0.05, 0.1) is 0 Å². The molecule has 0 aliphatic carbocycles. The van der Waals surface area contributed by atoms with Crippen LogP contribution >= 0.6 is 0 Å². The molecule has 0 unspecified atom stereocenters. The Kier molecular flexibility index (Phi) is 2.34. The maximum atomic E-state index is 4.10. The zero-order valence-electron chi connectivity index (χ0n) is 8.91. The molecule has 0 fully saturated rings. The van der Waals surface area contributed by atoms with Gasteiger partial charge in [-0.15, -0.1) is 10.2 Å². The molecule has 5 nitrogen and oxygen atoms in total. The predicted octanol–water partition coefficient (Wildman–Crippen LogP) is 1.93. The van der Waals surface area contributed by atoms with Gasteiger partial charge in [0, 0.05) is 23.5 Å². The maximum Gasteiger partial charge on any atom is 0.204 e. The van der Waals surface area contributed by atoms with Crippen LogP contribution in [-0.4, -0.2) is 25.6 Å². The summed E-state index contributed by atoms with van der Waals surface area (Å²) >= 11 is 0. The van der Waals surface area contributed by atoms with Crippen molar-refractivity contribution in [3.8, 4) is 22.5 Å². The number of tetrazole rings is 1. The average molecular weight is 223 g/mol. The van der Waals surface area contributed by atoms with Crippen molar-refractivity contribution in [2.24, 2.45) is 0 Å². The van der Waals surface area contributed by atoms with E-state index < -0.39 is 0 Å². The number of pyridine rings is 1. The number of H-pyrrole nitrogens is 1. The molecule has 1 aromatic carbocycles. The molecule has 0 atom stereocenters. The lowest BCUT2D eigenvalue weighted by atomic mass is 10.0. The van der Waals surface area contributed by atoms with E-state index in [4.69, 9.17) is 0 Å². The molecule has 0 saturated carbocycles.